The average Bonchev–Trinajstić information content (AvgIpc) is 2.53. The molecule has 3 nitrogen and oxygen atoms in total. The summed E-state index contributed by atoms with van der Waals surface area (Å²) in [5, 5.41) is 14.6. The van der Waals surface area contributed by atoms with Gasteiger partial charge in [-0.2, -0.15) is 0 Å². The maximum Gasteiger partial charge on any atom is 0.125 e. The van der Waals surface area contributed by atoms with E-state index in [4.69, 9.17) is 4.84 Å². The van der Waals surface area contributed by atoms with Gasteiger partial charge in [-0.25, -0.2) is 0 Å². The van der Waals surface area contributed by atoms with E-state index >= 15 is 0 Å². The summed E-state index contributed by atoms with van der Waals surface area (Å²) in [6.45, 7) is 2.56. The van der Waals surface area contributed by atoms with Crippen LogP contribution in [-0.2, 0) is 4.84 Å². The highest BCUT2D eigenvalue weighted by atomic mass is 16.6. The first-order valence-corrected chi connectivity index (χ1v) is 6.81. The Balaban J connectivity index is 2.29. The molecule has 0 aliphatic carbocycles. The summed E-state index contributed by atoms with van der Waals surface area (Å²) < 4.78 is 0. The molecule has 0 radical (unpaired) electrons. The van der Waals surface area contributed by atoms with Crippen LogP contribution >= 0.6 is 0 Å². The minimum absolute atomic E-state index is 0.533. The highest BCUT2D eigenvalue weighted by molar-refractivity contribution is 6.03. The van der Waals surface area contributed by atoms with Crippen LogP contribution in [0, 0.1) is 0 Å². The molecule has 3 heteroatoms. The molecule has 0 saturated carbocycles. The highest BCUT2D eigenvalue weighted by Gasteiger charge is 2.17. The Morgan fingerprint density at radius 3 is 2.25 bits per heavy atom. The minimum Gasteiger partial charge on any atom is -0.396 e. The Morgan fingerprint density at radius 2 is 1.65 bits per heavy atom. The number of hydrogen-bond acceptors (Lipinski definition) is 3. The largest absolute Gasteiger partial charge is 0.396 e. The molecule has 104 valence electrons. The first kappa shape index (κ1) is 14.3. The third-order valence-corrected chi connectivity index (χ3v) is 2.90. The highest BCUT2D eigenvalue weighted by Crippen LogP contribution is 2.19. The average molecular weight is 269 g/mol. The van der Waals surface area contributed by atoms with Gasteiger partial charge in [-0.15, -0.1) is 0 Å². The van der Waals surface area contributed by atoms with E-state index < -0.39 is 6.10 Å². The van der Waals surface area contributed by atoms with E-state index in [0.717, 1.165) is 17.5 Å². The van der Waals surface area contributed by atoms with Crippen LogP contribution in [-0.4, -0.2) is 17.4 Å². The van der Waals surface area contributed by atoms with Gasteiger partial charge in [0.2, 0.25) is 0 Å². The smallest absolute Gasteiger partial charge is 0.125 e. The van der Waals surface area contributed by atoms with Crippen molar-refractivity contribution in [1.82, 2.24) is 0 Å². The van der Waals surface area contributed by atoms with E-state index in [-0.39, 0.29) is 0 Å². The van der Waals surface area contributed by atoms with Gasteiger partial charge >= 0.3 is 0 Å². The number of rotatable bonds is 6. The molecule has 0 aliphatic rings. The quantitative estimate of drug-likeness (QED) is 0.495. The van der Waals surface area contributed by atoms with Gasteiger partial charge in [0, 0.05) is 5.56 Å². The van der Waals surface area contributed by atoms with Crippen LogP contribution in [0.4, 0.5) is 0 Å². The molecule has 0 spiro atoms. The molecule has 0 saturated heterocycles. The number of nitrogens with zero attached hydrogens (tertiary/aromatic N) is 1. The topological polar surface area (TPSA) is 41.8 Å². The number of benzene rings is 2. The molecule has 1 unspecified atom stereocenters. The van der Waals surface area contributed by atoms with Crippen molar-refractivity contribution in [2.45, 2.75) is 19.4 Å². The van der Waals surface area contributed by atoms with Crippen LogP contribution in [0.15, 0.2) is 65.8 Å². The molecule has 2 rings (SSSR count). The van der Waals surface area contributed by atoms with Gasteiger partial charge in [0.1, 0.15) is 18.4 Å². The summed E-state index contributed by atoms with van der Waals surface area (Å²) in [6, 6.07) is 19.1. The van der Waals surface area contributed by atoms with Crippen molar-refractivity contribution in [3.63, 3.8) is 0 Å². The Hall–Kier alpha value is -2.13. The van der Waals surface area contributed by atoms with Gasteiger partial charge in [-0.3, -0.25) is 0 Å². The van der Waals surface area contributed by atoms with Crippen molar-refractivity contribution in [2.24, 2.45) is 5.16 Å². The maximum absolute atomic E-state index is 10.5. The molecule has 0 fully saturated rings. The fourth-order valence-electron chi connectivity index (χ4n) is 1.87. The third-order valence-electron chi connectivity index (χ3n) is 2.90. The Bertz CT molecular complexity index is 537. The van der Waals surface area contributed by atoms with E-state index in [2.05, 4.69) is 5.16 Å². The second-order valence-corrected chi connectivity index (χ2v) is 4.49. The fourth-order valence-corrected chi connectivity index (χ4v) is 1.87. The van der Waals surface area contributed by atoms with Crippen molar-refractivity contribution in [3.8, 4) is 0 Å². The lowest BCUT2D eigenvalue weighted by atomic mass is 9.99. The number of aliphatic hydroxyl groups excluding tert-OH is 1. The van der Waals surface area contributed by atoms with E-state index in [1.807, 2.05) is 67.6 Å². The first-order valence-electron chi connectivity index (χ1n) is 6.81. The van der Waals surface area contributed by atoms with Crippen molar-refractivity contribution in [3.05, 3.63) is 71.8 Å². The van der Waals surface area contributed by atoms with Crippen molar-refractivity contribution in [2.75, 3.05) is 6.61 Å². The summed E-state index contributed by atoms with van der Waals surface area (Å²) in [7, 11) is 0. The number of hydrogen-bond donors (Lipinski definition) is 1. The number of aliphatic hydroxyl groups is 1. The van der Waals surface area contributed by atoms with Crippen LogP contribution in [0.3, 0.4) is 0 Å². The summed E-state index contributed by atoms with van der Waals surface area (Å²) in [5.74, 6) is 0. The van der Waals surface area contributed by atoms with E-state index in [1.54, 1.807) is 0 Å². The van der Waals surface area contributed by atoms with Crippen LogP contribution in [0.25, 0.3) is 0 Å². The van der Waals surface area contributed by atoms with Crippen LogP contribution in [0.2, 0.25) is 0 Å². The molecule has 1 atom stereocenters. The van der Waals surface area contributed by atoms with Crippen LogP contribution in [0.5, 0.6) is 0 Å². The molecule has 0 aromatic heterocycles. The first-order chi connectivity index (χ1) is 9.83. The van der Waals surface area contributed by atoms with E-state index in [9.17, 15) is 5.11 Å². The molecule has 0 heterocycles. The lowest BCUT2D eigenvalue weighted by Gasteiger charge is -2.14. The predicted octanol–water partition coefficient (Wildman–Crippen LogP) is 3.55. The molecule has 2 aromatic carbocycles. The second-order valence-electron chi connectivity index (χ2n) is 4.49. The van der Waals surface area contributed by atoms with E-state index in [0.29, 0.717) is 12.3 Å². The SMILES string of the molecule is CCCON=C(c1ccccc1)C(O)c1ccccc1. The predicted molar refractivity (Wildman–Crippen MR) is 80.6 cm³/mol. The van der Waals surface area contributed by atoms with Gasteiger partial charge in [0.15, 0.2) is 0 Å². The monoisotopic (exact) mass is 269 g/mol. The Labute approximate surface area is 119 Å². The zero-order chi connectivity index (χ0) is 14.2. The van der Waals surface area contributed by atoms with Gasteiger partial charge in [0.05, 0.1) is 0 Å². The van der Waals surface area contributed by atoms with Crippen molar-refractivity contribution < 1.29 is 9.94 Å². The Morgan fingerprint density at radius 1 is 1.05 bits per heavy atom. The van der Waals surface area contributed by atoms with Crippen LogP contribution < -0.4 is 0 Å². The lowest BCUT2D eigenvalue weighted by molar-refractivity contribution is 0.138. The van der Waals surface area contributed by atoms with Gasteiger partial charge in [-0.1, -0.05) is 72.7 Å². The maximum atomic E-state index is 10.5. The molecule has 0 aliphatic heterocycles. The second kappa shape index (κ2) is 7.46. The molecular weight excluding hydrogens is 250 g/mol. The van der Waals surface area contributed by atoms with Gasteiger partial charge < -0.3 is 9.94 Å². The van der Waals surface area contributed by atoms with Crippen molar-refractivity contribution >= 4 is 5.71 Å². The standard InChI is InChI=1S/C17H19NO2/c1-2-13-20-18-16(14-9-5-3-6-10-14)17(19)15-11-7-4-8-12-15/h3-12,17,19H,2,13H2,1H3. The zero-order valence-electron chi connectivity index (χ0n) is 11.6. The Kier molecular flexibility index (Phi) is 5.33. The molecule has 20 heavy (non-hydrogen) atoms. The molecule has 1 N–H and O–H groups in total. The summed E-state index contributed by atoms with van der Waals surface area (Å²) in [4.78, 5) is 5.27. The summed E-state index contributed by atoms with van der Waals surface area (Å²) in [6.07, 6.45) is 0.0861. The number of oxime groups is 1. The molecule has 2 aromatic rings. The van der Waals surface area contributed by atoms with Crippen LogP contribution in [0.1, 0.15) is 30.6 Å². The zero-order valence-corrected chi connectivity index (χ0v) is 11.6. The molecule has 0 amide bonds. The van der Waals surface area contributed by atoms with Crippen molar-refractivity contribution in [1.29, 1.82) is 0 Å². The summed E-state index contributed by atoms with van der Waals surface area (Å²) >= 11 is 0. The summed E-state index contributed by atoms with van der Waals surface area (Å²) in [5.41, 5.74) is 2.19. The van der Waals surface area contributed by atoms with E-state index in [1.165, 1.54) is 0 Å². The lowest BCUT2D eigenvalue weighted by Crippen LogP contribution is -2.14. The van der Waals surface area contributed by atoms with Gasteiger partial charge in [0.25, 0.3) is 0 Å². The third kappa shape index (κ3) is 3.68. The fraction of sp³-hybridized carbons (Fsp3) is 0.235. The minimum atomic E-state index is -0.796. The van der Waals surface area contributed by atoms with Gasteiger partial charge in [-0.05, 0) is 12.0 Å². The normalized spacial score (nSPS) is 13.0. The molecular formula is C17H19NO2. The molecule has 0 bridgehead atoms.